The summed E-state index contributed by atoms with van der Waals surface area (Å²) in [6.45, 7) is 9.44. The molecule has 2 aliphatic rings. The molecule has 1 heterocycles. The van der Waals surface area contributed by atoms with Crippen molar-refractivity contribution >= 4 is 11.9 Å². The molecule has 2 rings (SSSR count). The van der Waals surface area contributed by atoms with Gasteiger partial charge in [-0.25, -0.2) is 0 Å². The van der Waals surface area contributed by atoms with E-state index in [9.17, 15) is 9.59 Å². The van der Waals surface area contributed by atoms with Crippen LogP contribution in [0.2, 0.25) is 0 Å². The van der Waals surface area contributed by atoms with E-state index in [0.29, 0.717) is 25.5 Å². The lowest BCUT2D eigenvalue weighted by Gasteiger charge is -2.49. The molecule has 4 heteroatoms. The number of fused-ring (bicyclic) bond motifs is 1. The summed E-state index contributed by atoms with van der Waals surface area (Å²) >= 11 is 0. The molecule has 0 aromatic carbocycles. The average molecular weight is 281 g/mol. The van der Waals surface area contributed by atoms with Crippen molar-refractivity contribution in [3.05, 3.63) is 0 Å². The maximum Gasteiger partial charge on any atom is 0.314 e. The van der Waals surface area contributed by atoms with E-state index in [1.54, 1.807) is 0 Å². The Labute approximate surface area is 121 Å². The molecule has 0 bridgehead atoms. The number of nitrogens with one attached hydrogen (secondary N) is 1. The molecule has 3 atom stereocenters. The molecule has 4 nitrogen and oxygen atoms in total. The Morgan fingerprint density at radius 3 is 2.75 bits per heavy atom. The molecule has 0 aromatic heterocycles. The number of amides is 1. The standard InChI is InChI=1S/C16H27NO3/c1-5-20-14(19)16-7-6-11(15(2,3)4)8-12(16)9-13(18)17-10-16/h11-12H,5-10H2,1-4H3,(H,17,18). The molecule has 3 unspecified atom stereocenters. The van der Waals surface area contributed by atoms with Gasteiger partial charge in [-0.05, 0) is 43.4 Å². The molecule has 1 amide bonds. The number of rotatable bonds is 2. The predicted molar refractivity (Wildman–Crippen MR) is 77.0 cm³/mol. The van der Waals surface area contributed by atoms with Crippen LogP contribution in [-0.4, -0.2) is 25.0 Å². The van der Waals surface area contributed by atoms with Gasteiger partial charge in [-0.2, -0.15) is 0 Å². The molecule has 1 saturated carbocycles. The Hall–Kier alpha value is -1.06. The molecule has 20 heavy (non-hydrogen) atoms. The van der Waals surface area contributed by atoms with Gasteiger partial charge in [0.2, 0.25) is 5.91 Å². The Morgan fingerprint density at radius 2 is 2.15 bits per heavy atom. The van der Waals surface area contributed by atoms with Gasteiger partial charge >= 0.3 is 5.97 Å². The van der Waals surface area contributed by atoms with Crippen molar-refractivity contribution < 1.29 is 14.3 Å². The molecule has 2 fully saturated rings. The minimum absolute atomic E-state index is 0.0736. The van der Waals surface area contributed by atoms with Crippen molar-refractivity contribution in [1.29, 1.82) is 0 Å². The summed E-state index contributed by atoms with van der Waals surface area (Å²) in [5.74, 6) is 0.663. The third-order valence-electron chi connectivity index (χ3n) is 5.23. The normalized spacial score (nSPS) is 34.1. The maximum atomic E-state index is 12.4. The van der Waals surface area contributed by atoms with Gasteiger partial charge in [-0.15, -0.1) is 0 Å². The van der Waals surface area contributed by atoms with Crippen LogP contribution in [0.5, 0.6) is 0 Å². The molecule has 0 radical (unpaired) electrons. The summed E-state index contributed by atoms with van der Waals surface area (Å²) in [4.78, 5) is 24.2. The summed E-state index contributed by atoms with van der Waals surface area (Å²) in [5, 5.41) is 2.88. The Kier molecular flexibility index (Phi) is 4.12. The molecule has 114 valence electrons. The number of esters is 1. The van der Waals surface area contributed by atoms with Gasteiger partial charge in [0, 0.05) is 13.0 Å². The zero-order chi connectivity index (χ0) is 15.0. The molecule has 0 spiro atoms. The quantitative estimate of drug-likeness (QED) is 0.791. The molecule has 1 aliphatic carbocycles. The van der Waals surface area contributed by atoms with Crippen molar-refractivity contribution in [3.8, 4) is 0 Å². The highest BCUT2D eigenvalue weighted by Gasteiger charge is 2.54. The average Bonchev–Trinajstić information content (AvgIpc) is 2.37. The SMILES string of the molecule is CCOC(=O)C12CCC(C(C)(C)C)CC1CC(=O)NC2. The van der Waals surface area contributed by atoms with E-state index in [1.165, 1.54) is 0 Å². The first-order chi connectivity index (χ1) is 9.29. The Morgan fingerprint density at radius 1 is 1.45 bits per heavy atom. The van der Waals surface area contributed by atoms with E-state index in [1.807, 2.05) is 6.92 Å². The van der Waals surface area contributed by atoms with Crippen molar-refractivity contribution in [2.75, 3.05) is 13.2 Å². The molecule has 1 saturated heterocycles. The van der Waals surface area contributed by atoms with E-state index in [0.717, 1.165) is 19.3 Å². The van der Waals surface area contributed by atoms with Crippen LogP contribution in [0.25, 0.3) is 0 Å². The number of hydrogen-bond acceptors (Lipinski definition) is 3. The number of carbonyl (C=O) groups is 2. The van der Waals surface area contributed by atoms with Crippen LogP contribution >= 0.6 is 0 Å². The second-order valence-electron chi connectivity index (χ2n) is 7.39. The summed E-state index contributed by atoms with van der Waals surface area (Å²) < 4.78 is 5.31. The summed E-state index contributed by atoms with van der Waals surface area (Å²) in [7, 11) is 0. The van der Waals surface area contributed by atoms with Crippen LogP contribution in [0.4, 0.5) is 0 Å². The lowest BCUT2D eigenvalue weighted by atomic mass is 9.57. The van der Waals surface area contributed by atoms with E-state index in [-0.39, 0.29) is 23.2 Å². The van der Waals surface area contributed by atoms with Gasteiger partial charge < -0.3 is 10.1 Å². The largest absolute Gasteiger partial charge is 0.466 e. The van der Waals surface area contributed by atoms with Crippen LogP contribution in [0.15, 0.2) is 0 Å². The lowest BCUT2D eigenvalue weighted by molar-refractivity contribution is -0.167. The molecular formula is C16H27NO3. The number of hydrogen-bond donors (Lipinski definition) is 1. The van der Waals surface area contributed by atoms with Gasteiger partial charge in [-0.3, -0.25) is 9.59 Å². The fraction of sp³-hybridized carbons (Fsp3) is 0.875. The van der Waals surface area contributed by atoms with Crippen LogP contribution in [-0.2, 0) is 14.3 Å². The zero-order valence-corrected chi connectivity index (χ0v) is 13.1. The second-order valence-corrected chi connectivity index (χ2v) is 7.39. The maximum absolute atomic E-state index is 12.4. The van der Waals surface area contributed by atoms with E-state index in [2.05, 4.69) is 26.1 Å². The van der Waals surface area contributed by atoms with Gasteiger partial charge in [0.05, 0.1) is 12.0 Å². The summed E-state index contributed by atoms with van der Waals surface area (Å²) in [6, 6.07) is 0. The second kappa shape index (κ2) is 5.38. The van der Waals surface area contributed by atoms with Crippen molar-refractivity contribution in [2.24, 2.45) is 22.7 Å². The van der Waals surface area contributed by atoms with Gasteiger partial charge in [0.1, 0.15) is 0 Å². The monoisotopic (exact) mass is 281 g/mol. The lowest BCUT2D eigenvalue weighted by Crippen LogP contribution is -2.57. The number of piperidine rings is 1. The highest BCUT2D eigenvalue weighted by molar-refractivity contribution is 5.84. The Balaban J connectivity index is 2.22. The van der Waals surface area contributed by atoms with Gasteiger partial charge in [0.15, 0.2) is 0 Å². The van der Waals surface area contributed by atoms with Gasteiger partial charge in [-0.1, -0.05) is 20.8 Å². The van der Waals surface area contributed by atoms with Crippen LogP contribution < -0.4 is 5.32 Å². The van der Waals surface area contributed by atoms with Crippen molar-refractivity contribution in [2.45, 2.75) is 53.4 Å². The fourth-order valence-corrected chi connectivity index (χ4v) is 3.79. The summed E-state index contributed by atoms with van der Waals surface area (Å²) in [6.07, 6.45) is 3.29. The van der Waals surface area contributed by atoms with Crippen LogP contribution in [0.3, 0.4) is 0 Å². The van der Waals surface area contributed by atoms with Gasteiger partial charge in [0.25, 0.3) is 0 Å². The van der Waals surface area contributed by atoms with Crippen LogP contribution in [0, 0.1) is 22.7 Å². The molecular weight excluding hydrogens is 254 g/mol. The number of carbonyl (C=O) groups excluding carboxylic acids is 2. The summed E-state index contributed by atoms with van der Waals surface area (Å²) in [5.41, 5.74) is -0.250. The molecule has 0 aromatic rings. The molecule has 1 N–H and O–H groups in total. The highest BCUT2D eigenvalue weighted by atomic mass is 16.5. The fourth-order valence-electron chi connectivity index (χ4n) is 3.79. The first kappa shape index (κ1) is 15.3. The first-order valence-corrected chi connectivity index (χ1v) is 7.73. The first-order valence-electron chi connectivity index (χ1n) is 7.73. The van der Waals surface area contributed by atoms with Crippen molar-refractivity contribution in [3.63, 3.8) is 0 Å². The van der Waals surface area contributed by atoms with E-state index in [4.69, 9.17) is 4.74 Å². The third-order valence-corrected chi connectivity index (χ3v) is 5.23. The Bertz CT molecular complexity index is 399. The third kappa shape index (κ3) is 2.70. The smallest absolute Gasteiger partial charge is 0.314 e. The topological polar surface area (TPSA) is 55.4 Å². The number of ether oxygens (including phenoxy) is 1. The minimum Gasteiger partial charge on any atom is -0.466 e. The van der Waals surface area contributed by atoms with Crippen LogP contribution in [0.1, 0.15) is 53.4 Å². The molecule has 1 aliphatic heterocycles. The van der Waals surface area contributed by atoms with E-state index >= 15 is 0 Å². The van der Waals surface area contributed by atoms with E-state index < -0.39 is 5.41 Å². The minimum atomic E-state index is -0.480. The zero-order valence-electron chi connectivity index (χ0n) is 13.1. The highest BCUT2D eigenvalue weighted by Crippen LogP contribution is 2.51. The van der Waals surface area contributed by atoms with Crippen molar-refractivity contribution in [1.82, 2.24) is 5.32 Å². The predicted octanol–water partition coefficient (Wildman–Crippen LogP) is 2.52.